The van der Waals surface area contributed by atoms with Gasteiger partial charge in [-0.25, -0.2) is 0 Å². The third-order valence-corrected chi connectivity index (χ3v) is 3.99. The van der Waals surface area contributed by atoms with Crippen LogP contribution in [0.3, 0.4) is 0 Å². The highest BCUT2D eigenvalue weighted by molar-refractivity contribution is 4.89. The molecule has 3 atom stereocenters. The van der Waals surface area contributed by atoms with E-state index in [2.05, 4.69) is 32.7 Å². The van der Waals surface area contributed by atoms with Crippen molar-refractivity contribution >= 4 is 0 Å². The number of hydrogen-bond acceptors (Lipinski definition) is 2. The number of hydrogen-bond donors (Lipinski definition) is 1. The van der Waals surface area contributed by atoms with Gasteiger partial charge >= 0.3 is 0 Å². The van der Waals surface area contributed by atoms with Gasteiger partial charge in [0.05, 0.1) is 0 Å². The molecule has 0 aliphatic heterocycles. The molecule has 0 aromatic rings. The van der Waals surface area contributed by atoms with E-state index in [4.69, 9.17) is 5.73 Å². The van der Waals surface area contributed by atoms with Crippen molar-refractivity contribution in [1.29, 1.82) is 0 Å². The molecule has 2 nitrogen and oxygen atoms in total. The highest BCUT2D eigenvalue weighted by atomic mass is 15.1. The van der Waals surface area contributed by atoms with Gasteiger partial charge in [0.25, 0.3) is 0 Å². The van der Waals surface area contributed by atoms with Gasteiger partial charge in [0.2, 0.25) is 0 Å². The number of rotatable bonds is 4. The van der Waals surface area contributed by atoms with E-state index in [0.717, 1.165) is 11.8 Å². The standard InChI is InChI=1S/C13H28N2/c1-5-8-15(4)13-9-11(10(2)3)6-7-12(13)14/h10-13H,5-9,14H2,1-4H3. The molecule has 3 unspecified atom stereocenters. The average Bonchev–Trinajstić information content (AvgIpc) is 2.18. The third kappa shape index (κ3) is 3.46. The van der Waals surface area contributed by atoms with Crippen molar-refractivity contribution in [2.45, 2.75) is 58.5 Å². The smallest absolute Gasteiger partial charge is 0.0246 e. The summed E-state index contributed by atoms with van der Waals surface area (Å²) < 4.78 is 0. The van der Waals surface area contributed by atoms with Crippen LogP contribution in [-0.4, -0.2) is 30.6 Å². The first-order chi connectivity index (χ1) is 7.06. The van der Waals surface area contributed by atoms with E-state index in [1.807, 2.05) is 0 Å². The van der Waals surface area contributed by atoms with E-state index in [1.54, 1.807) is 0 Å². The minimum absolute atomic E-state index is 0.400. The van der Waals surface area contributed by atoms with Crippen LogP contribution in [0.1, 0.15) is 46.5 Å². The zero-order valence-corrected chi connectivity index (χ0v) is 10.9. The monoisotopic (exact) mass is 212 g/mol. The summed E-state index contributed by atoms with van der Waals surface area (Å²) >= 11 is 0. The Balaban J connectivity index is 2.52. The Kier molecular flexibility index (Phi) is 5.07. The van der Waals surface area contributed by atoms with Crippen molar-refractivity contribution in [1.82, 2.24) is 4.90 Å². The van der Waals surface area contributed by atoms with Crippen LogP contribution < -0.4 is 5.73 Å². The van der Waals surface area contributed by atoms with Gasteiger partial charge in [-0.2, -0.15) is 0 Å². The molecule has 0 heterocycles. The van der Waals surface area contributed by atoms with E-state index in [-0.39, 0.29) is 0 Å². The molecule has 90 valence electrons. The molecule has 0 aromatic heterocycles. The number of likely N-dealkylation sites (N-methyl/N-ethyl adjacent to an activating group) is 1. The molecule has 0 saturated heterocycles. The van der Waals surface area contributed by atoms with Crippen LogP contribution in [0.4, 0.5) is 0 Å². The van der Waals surface area contributed by atoms with Crippen LogP contribution in [0.5, 0.6) is 0 Å². The van der Waals surface area contributed by atoms with Crippen LogP contribution in [0.25, 0.3) is 0 Å². The second kappa shape index (κ2) is 5.86. The minimum Gasteiger partial charge on any atom is -0.326 e. The molecule has 1 saturated carbocycles. The predicted molar refractivity (Wildman–Crippen MR) is 66.9 cm³/mol. The molecule has 2 N–H and O–H groups in total. The Morgan fingerprint density at radius 3 is 2.53 bits per heavy atom. The maximum absolute atomic E-state index is 6.23. The molecule has 0 radical (unpaired) electrons. The highest BCUT2D eigenvalue weighted by Crippen LogP contribution is 2.31. The minimum atomic E-state index is 0.400. The summed E-state index contributed by atoms with van der Waals surface area (Å²) in [5.41, 5.74) is 6.23. The van der Waals surface area contributed by atoms with Crippen molar-refractivity contribution in [3.63, 3.8) is 0 Å². The molecule has 0 spiro atoms. The Hall–Kier alpha value is -0.0800. The fourth-order valence-corrected chi connectivity index (χ4v) is 2.83. The Morgan fingerprint density at radius 1 is 1.33 bits per heavy atom. The van der Waals surface area contributed by atoms with Crippen LogP contribution in [0.2, 0.25) is 0 Å². The first-order valence-electron chi connectivity index (χ1n) is 6.52. The quantitative estimate of drug-likeness (QED) is 0.776. The molecular formula is C13H28N2. The second-order valence-corrected chi connectivity index (χ2v) is 5.53. The maximum atomic E-state index is 6.23. The van der Waals surface area contributed by atoms with Gasteiger partial charge in [0, 0.05) is 12.1 Å². The fraction of sp³-hybridized carbons (Fsp3) is 1.00. The van der Waals surface area contributed by atoms with E-state index < -0.39 is 0 Å². The van der Waals surface area contributed by atoms with Gasteiger partial charge in [-0.05, 0) is 51.1 Å². The topological polar surface area (TPSA) is 29.3 Å². The molecule has 1 rings (SSSR count). The highest BCUT2D eigenvalue weighted by Gasteiger charge is 2.31. The van der Waals surface area contributed by atoms with Gasteiger partial charge in [-0.3, -0.25) is 0 Å². The molecule has 1 aliphatic rings. The molecule has 1 aliphatic carbocycles. The summed E-state index contributed by atoms with van der Waals surface area (Å²) in [5.74, 6) is 1.70. The normalized spacial score (nSPS) is 32.6. The van der Waals surface area contributed by atoms with Gasteiger partial charge in [0.1, 0.15) is 0 Å². The predicted octanol–water partition coefficient (Wildman–Crippen LogP) is 2.48. The molecule has 0 amide bonds. The zero-order valence-electron chi connectivity index (χ0n) is 10.9. The summed E-state index contributed by atoms with van der Waals surface area (Å²) in [6, 6.07) is 1.02. The molecule has 2 heteroatoms. The lowest BCUT2D eigenvalue weighted by molar-refractivity contribution is 0.118. The average molecular weight is 212 g/mol. The van der Waals surface area contributed by atoms with Crippen molar-refractivity contribution in [3.8, 4) is 0 Å². The molecule has 15 heavy (non-hydrogen) atoms. The summed E-state index contributed by atoms with van der Waals surface area (Å²) in [7, 11) is 2.23. The van der Waals surface area contributed by atoms with Crippen LogP contribution >= 0.6 is 0 Å². The van der Waals surface area contributed by atoms with Crippen molar-refractivity contribution in [2.75, 3.05) is 13.6 Å². The van der Waals surface area contributed by atoms with E-state index >= 15 is 0 Å². The second-order valence-electron chi connectivity index (χ2n) is 5.53. The van der Waals surface area contributed by atoms with Gasteiger partial charge < -0.3 is 10.6 Å². The first kappa shape index (κ1) is 13.0. The van der Waals surface area contributed by atoms with Crippen molar-refractivity contribution < 1.29 is 0 Å². The van der Waals surface area contributed by atoms with Gasteiger partial charge in [-0.15, -0.1) is 0 Å². The Labute approximate surface area is 95.2 Å². The SMILES string of the molecule is CCCN(C)C1CC(C(C)C)CCC1N. The molecule has 1 fully saturated rings. The van der Waals surface area contributed by atoms with Crippen LogP contribution in [-0.2, 0) is 0 Å². The Bertz CT molecular complexity index is 179. The van der Waals surface area contributed by atoms with E-state index in [1.165, 1.54) is 32.2 Å². The van der Waals surface area contributed by atoms with Gasteiger partial charge in [0.15, 0.2) is 0 Å². The molecular weight excluding hydrogens is 184 g/mol. The fourth-order valence-electron chi connectivity index (χ4n) is 2.83. The summed E-state index contributed by atoms with van der Waals surface area (Å²) in [6.07, 6.45) is 5.07. The van der Waals surface area contributed by atoms with E-state index in [9.17, 15) is 0 Å². The molecule has 0 bridgehead atoms. The van der Waals surface area contributed by atoms with Crippen molar-refractivity contribution in [2.24, 2.45) is 17.6 Å². The maximum Gasteiger partial charge on any atom is 0.0246 e. The number of nitrogens with two attached hydrogens (primary N) is 1. The van der Waals surface area contributed by atoms with Crippen LogP contribution in [0, 0.1) is 11.8 Å². The third-order valence-electron chi connectivity index (χ3n) is 3.99. The van der Waals surface area contributed by atoms with Gasteiger partial charge in [-0.1, -0.05) is 20.8 Å². The summed E-state index contributed by atoms with van der Waals surface area (Å²) in [4.78, 5) is 2.47. The summed E-state index contributed by atoms with van der Waals surface area (Å²) in [5, 5.41) is 0. The summed E-state index contributed by atoms with van der Waals surface area (Å²) in [6.45, 7) is 8.12. The van der Waals surface area contributed by atoms with E-state index in [0.29, 0.717) is 12.1 Å². The number of nitrogens with zero attached hydrogens (tertiary/aromatic N) is 1. The lowest BCUT2D eigenvalue weighted by atomic mass is 9.76. The first-order valence-corrected chi connectivity index (χ1v) is 6.52. The Morgan fingerprint density at radius 2 is 2.00 bits per heavy atom. The molecule has 0 aromatic carbocycles. The largest absolute Gasteiger partial charge is 0.326 e. The lowest BCUT2D eigenvalue weighted by Gasteiger charge is -2.41. The van der Waals surface area contributed by atoms with Crippen LogP contribution in [0.15, 0.2) is 0 Å². The lowest BCUT2D eigenvalue weighted by Crippen LogP contribution is -2.50. The zero-order chi connectivity index (χ0) is 11.4. The van der Waals surface area contributed by atoms with Crippen molar-refractivity contribution in [3.05, 3.63) is 0 Å².